The molecule has 0 radical (unpaired) electrons. The minimum absolute atomic E-state index is 0.546. The molecule has 2 atom stereocenters. The molecule has 2 aliphatic rings. The average molecular weight is 233 g/mol. The number of hydrogen-bond donors (Lipinski definition) is 1. The third kappa shape index (κ3) is 2.45. The molecule has 0 aromatic heterocycles. The molecule has 1 aromatic rings. The molecule has 2 heterocycles. The van der Waals surface area contributed by atoms with Crippen molar-refractivity contribution in [3.8, 4) is 5.75 Å². The molecule has 92 valence electrons. The average Bonchev–Trinajstić information content (AvgIpc) is 2.89. The summed E-state index contributed by atoms with van der Waals surface area (Å²) in [5, 5.41) is 3.61. The van der Waals surface area contributed by atoms with Crippen LogP contribution in [-0.2, 0) is 4.74 Å². The third-order valence-corrected chi connectivity index (χ3v) is 3.67. The molecule has 3 nitrogen and oxygen atoms in total. The Balaban J connectivity index is 1.64. The molecular weight excluding hydrogens is 214 g/mol. The van der Waals surface area contributed by atoms with Gasteiger partial charge in [-0.2, -0.15) is 0 Å². The van der Waals surface area contributed by atoms with Crippen LogP contribution in [0.1, 0.15) is 24.3 Å². The number of para-hydroxylation sites is 1. The zero-order valence-electron chi connectivity index (χ0n) is 10.0. The molecule has 1 aromatic carbocycles. The van der Waals surface area contributed by atoms with Gasteiger partial charge in [0.05, 0.1) is 13.2 Å². The molecular formula is C14H19NO2. The zero-order valence-corrected chi connectivity index (χ0v) is 10.0. The first-order valence-electron chi connectivity index (χ1n) is 6.46. The number of hydrogen-bond acceptors (Lipinski definition) is 3. The normalized spacial score (nSPS) is 27.5. The molecule has 3 rings (SSSR count). The van der Waals surface area contributed by atoms with Crippen molar-refractivity contribution in [3.63, 3.8) is 0 Å². The maximum atomic E-state index is 5.67. The minimum atomic E-state index is 0.546. The van der Waals surface area contributed by atoms with E-state index in [-0.39, 0.29) is 0 Å². The van der Waals surface area contributed by atoms with E-state index < -0.39 is 0 Å². The van der Waals surface area contributed by atoms with Gasteiger partial charge in [0.2, 0.25) is 0 Å². The lowest BCUT2D eigenvalue weighted by atomic mass is 9.93. The second kappa shape index (κ2) is 5.07. The number of rotatable bonds is 3. The van der Waals surface area contributed by atoms with Crippen LogP contribution in [0, 0.1) is 0 Å². The van der Waals surface area contributed by atoms with E-state index >= 15 is 0 Å². The number of fused-ring (bicyclic) bond motifs is 1. The second-order valence-corrected chi connectivity index (χ2v) is 4.84. The molecule has 0 amide bonds. The van der Waals surface area contributed by atoms with Crippen LogP contribution in [0.4, 0.5) is 0 Å². The Labute approximate surface area is 102 Å². The van der Waals surface area contributed by atoms with Crippen LogP contribution in [0.3, 0.4) is 0 Å². The van der Waals surface area contributed by atoms with Crippen LogP contribution >= 0.6 is 0 Å². The summed E-state index contributed by atoms with van der Waals surface area (Å²) < 4.78 is 11.1. The predicted octanol–water partition coefficient (Wildman–Crippen LogP) is 1.93. The third-order valence-electron chi connectivity index (χ3n) is 3.67. The Hall–Kier alpha value is -1.06. The summed E-state index contributed by atoms with van der Waals surface area (Å²) in [6.45, 7) is 3.64. The maximum Gasteiger partial charge on any atom is 0.122 e. The minimum Gasteiger partial charge on any atom is -0.493 e. The van der Waals surface area contributed by atoms with Gasteiger partial charge in [0.25, 0.3) is 0 Å². The van der Waals surface area contributed by atoms with Crippen LogP contribution in [-0.4, -0.2) is 32.4 Å². The molecule has 2 aliphatic heterocycles. The zero-order chi connectivity index (χ0) is 11.5. The fraction of sp³-hybridized carbons (Fsp3) is 0.571. The smallest absolute Gasteiger partial charge is 0.122 e. The van der Waals surface area contributed by atoms with Gasteiger partial charge in [-0.3, -0.25) is 0 Å². The summed E-state index contributed by atoms with van der Waals surface area (Å²) in [6, 6.07) is 8.94. The lowest BCUT2D eigenvalue weighted by molar-refractivity contribution is 0.189. The molecule has 0 spiro atoms. The van der Waals surface area contributed by atoms with E-state index in [1.807, 2.05) is 6.07 Å². The topological polar surface area (TPSA) is 30.5 Å². The van der Waals surface area contributed by atoms with Gasteiger partial charge in [-0.1, -0.05) is 18.2 Å². The Kier molecular flexibility index (Phi) is 3.29. The molecule has 0 saturated carbocycles. The largest absolute Gasteiger partial charge is 0.493 e. The van der Waals surface area contributed by atoms with E-state index in [1.165, 1.54) is 5.56 Å². The van der Waals surface area contributed by atoms with Gasteiger partial charge >= 0.3 is 0 Å². The van der Waals surface area contributed by atoms with Gasteiger partial charge in [0, 0.05) is 25.1 Å². The van der Waals surface area contributed by atoms with Gasteiger partial charge < -0.3 is 14.8 Å². The molecule has 1 saturated heterocycles. The Bertz CT molecular complexity index is 374. The Morgan fingerprint density at radius 1 is 1.18 bits per heavy atom. The maximum absolute atomic E-state index is 5.67. The summed E-state index contributed by atoms with van der Waals surface area (Å²) in [4.78, 5) is 0. The molecule has 0 bridgehead atoms. The van der Waals surface area contributed by atoms with E-state index in [9.17, 15) is 0 Å². The number of ether oxygens (including phenoxy) is 2. The van der Waals surface area contributed by atoms with E-state index in [2.05, 4.69) is 23.5 Å². The monoisotopic (exact) mass is 233 g/mol. The molecule has 3 heteroatoms. The summed E-state index contributed by atoms with van der Waals surface area (Å²) in [7, 11) is 0. The van der Waals surface area contributed by atoms with E-state index in [0.717, 1.165) is 45.0 Å². The number of nitrogens with one attached hydrogen (secondary N) is 1. The van der Waals surface area contributed by atoms with Gasteiger partial charge in [0.1, 0.15) is 5.75 Å². The first kappa shape index (κ1) is 11.1. The summed E-state index contributed by atoms with van der Waals surface area (Å²) in [5.41, 5.74) is 1.35. The van der Waals surface area contributed by atoms with E-state index in [4.69, 9.17) is 9.47 Å². The van der Waals surface area contributed by atoms with Gasteiger partial charge in [-0.15, -0.1) is 0 Å². The van der Waals surface area contributed by atoms with Crippen molar-refractivity contribution < 1.29 is 9.47 Å². The lowest BCUT2D eigenvalue weighted by Crippen LogP contribution is -2.34. The predicted molar refractivity (Wildman–Crippen MR) is 66.5 cm³/mol. The van der Waals surface area contributed by atoms with Crippen molar-refractivity contribution in [1.29, 1.82) is 0 Å². The highest BCUT2D eigenvalue weighted by molar-refractivity contribution is 5.37. The summed E-state index contributed by atoms with van der Waals surface area (Å²) >= 11 is 0. The highest BCUT2D eigenvalue weighted by atomic mass is 16.5. The highest BCUT2D eigenvalue weighted by Gasteiger charge is 2.22. The van der Waals surface area contributed by atoms with Crippen molar-refractivity contribution in [2.45, 2.75) is 24.8 Å². The molecule has 1 N–H and O–H groups in total. The van der Waals surface area contributed by atoms with Gasteiger partial charge in [0.15, 0.2) is 0 Å². The lowest BCUT2D eigenvalue weighted by Gasteiger charge is -2.27. The fourth-order valence-corrected chi connectivity index (χ4v) is 2.63. The molecule has 0 aliphatic carbocycles. The van der Waals surface area contributed by atoms with Crippen molar-refractivity contribution in [1.82, 2.24) is 5.32 Å². The first-order chi connectivity index (χ1) is 8.43. The van der Waals surface area contributed by atoms with Crippen LogP contribution in [0.25, 0.3) is 0 Å². The van der Waals surface area contributed by atoms with Crippen LogP contribution < -0.4 is 10.1 Å². The van der Waals surface area contributed by atoms with Crippen molar-refractivity contribution >= 4 is 0 Å². The van der Waals surface area contributed by atoms with Crippen molar-refractivity contribution in [3.05, 3.63) is 29.8 Å². The molecule has 2 unspecified atom stereocenters. The second-order valence-electron chi connectivity index (χ2n) is 4.84. The van der Waals surface area contributed by atoms with Gasteiger partial charge in [-0.05, 0) is 24.5 Å². The molecule has 1 fully saturated rings. The standard InChI is InChI=1S/C14H19NO2/c1-2-4-14-13(3-1)11(5-8-17-14)9-15-12-6-7-16-10-12/h1-4,11-12,15H,5-10H2. The quantitative estimate of drug-likeness (QED) is 0.865. The fourth-order valence-electron chi connectivity index (χ4n) is 2.63. The van der Waals surface area contributed by atoms with Crippen LogP contribution in [0.2, 0.25) is 0 Å². The highest BCUT2D eigenvalue weighted by Crippen LogP contribution is 2.32. The van der Waals surface area contributed by atoms with Crippen molar-refractivity contribution in [2.75, 3.05) is 26.4 Å². The van der Waals surface area contributed by atoms with Crippen LogP contribution in [0.5, 0.6) is 5.75 Å². The van der Waals surface area contributed by atoms with E-state index in [0.29, 0.717) is 12.0 Å². The Morgan fingerprint density at radius 2 is 2.12 bits per heavy atom. The first-order valence-corrected chi connectivity index (χ1v) is 6.46. The molecule has 17 heavy (non-hydrogen) atoms. The van der Waals surface area contributed by atoms with Crippen molar-refractivity contribution in [2.24, 2.45) is 0 Å². The van der Waals surface area contributed by atoms with Crippen LogP contribution in [0.15, 0.2) is 24.3 Å². The van der Waals surface area contributed by atoms with E-state index in [1.54, 1.807) is 0 Å². The SMILES string of the molecule is c1ccc2c(c1)OCCC2CNC1CCOC1. The van der Waals surface area contributed by atoms with Gasteiger partial charge in [-0.25, -0.2) is 0 Å². The number of benzene rings is 1. The summed E-state index contributed by atoms with van der Waals surface area (Å²) in [5.74, 6) is 1.65. The summed E-state index contributed by atoms with van der Waals surface area (Å²) in [6.07, 6.45) is 2.25. The Morgan fingerprint density at radius 3 is 3.00 bits per heavy atom.